The van der Waals surface area contributed by atoms with Crippen LogP contribution in [0.4, 0.5) is 0 Å². The van der Waals surface area contributed by atoms with Crippen LogP contribution in [0.2, 0.25) is 0 Å². The van der Waals surface area contributed by atoms with Gasteiger partial charge in [-0.15, -0.1) is 0 Å². The van der Waals surface area contributed by atoms with Crippen molar-refractivity contribution in [1.29, 1.82) is 5.26 Å². The van der Waals surface area contributed by atoms with E-state index in [1.165, 1.54) is 6.39 Å². The molecule has 0 amide bonds. The van der Waals surface area contributed by atoms with Crippen LogP contribution in [0, 0.1) is 16.7 Å². The predicted octanol–water partition coefficient (Wildman–Crippen LogP) is 1.92. The van der Waals surface area contributed by atoms with E-state index in [0.717, 1.165) is 44.6 Å². The number of unbranched alkanes of at least 4 members (excludes halogenated alkanes) is 1. The van der Waals surface area contributed by atoms with E-state index in [-0.39, 0.29) is 5.41 Å². The lowest BCUT2D eigenvalue weighted by molar-refractivity contribution is 0.408. The molecule has 1 aromatic heterocycles. The van der Waals surface area contributed by atoms with Crippen LogP contribution in [-0.2, 0) is 6.42 Å². The van der Waals surface area contributed by atoms with Crippen molar-refractivity contribution in [2.24, 2.45) is 5.41 Å². The molecule has 0 unspecified atom stereocenters. The Morgan fingerprint density at radius 2 is 2.24 bits per heavy atom. The highest BCUT2D eigenvalue weighted by molar-refractivity contribution is 4.91. The first-order valence-corrected chi connectivity index (χ1v) is 6.01. The highest BCUT2D eigenvalue weighted by Gasteiger charge is 2.15. The zero-order chi connectivity index (χ0) is 12.6. The summed E-state index contributed by atoms with van der Waals surface area (Å²) in [5.74, 6) is 0.739. The number of nitrogens with zero attached hydrogens (tertiary/aromatic N) is 3. The molecule has 0 radical (unpaired) electrons. The van der Waals surface area contributed by atoms with E-state index >= 15 is 0 Å². The smallest absolute Gasteiger partial charge is 0.213 e. The van der Waals surface area contributed by atoms with Crippen LogP contribution in [0.1, 0.15) is 38.9 Å². The third-order valence-corrected chi connectivity index (χ3v) is 2.64. The summed E-state index contributed by atoms with van der Waals surface area (Å²) in [5.41, 5.74) is -0.190. The standard InChI is InChI=1S/C12H20N4O/c1-12(2,9-13)6-3-4-7-14-8-5-11-15-10-17-16-11/h10,14H,3-8H2,1-2H3. The highest BCUT2D eigenvalue weighted by Crippen LogP contribution is 2.21. The van der Waals surface area contributed by atoms with Crippen molar-refractivity contribution in [1.82, 2.24) is 15.5 Å². The predicted molar refractivity (Wildman–Crippen MR) is 64.1 cm³/mol. The van der Waals surface area contributed by atoms with Crippen LogP contribution in [0.3, 0.4) is 0 Å². The Morgan fingerprint density at radius 1 is 1.41 bits per heavy atom. The average molecular weight is 236 g/mol. The summed E-state index contributed by atoms with van der Waals surface area (Å²) in [5, 5.41) is 15.9. The van der Waals surface area contributed by atoms with Crippen molar-refractivity contribution in [2.45, 2.75) is 39.5 Å². The maximum atomic E-state index is 8.85. The molecule has 0 aliphatic heterocycles. The van der Waals surface area contributed by atoms with Crippen LogP contribution in [0.15, 0.2) is 10.9 Å². The van der Waals surface area contributed by atoms with Crippen LogP contribution in [0.25, 0.3) is 0 Å². The van der Waals surface area contributed by atoms with E-state index in [4.69, 9.17) is 5.26 Å². The van der Waals surface area contributed by atoms with Crippen LogP contribution in [0.5, 0.6) is 0 Å². The molecule has 0 spiro atoms. The van der Waals surface area contributed by atoms with Crippen LogP contribution >= 0.6 is 0 Å². The maximum absolute atomic E-state index is 8.85. The number of nitriles is 1. The Labute approximate surface area is 102 Å². The summed E-state index contributed by atoms with van der Waals surface area (Å²) >= 11 is 0. The Bertz CT molecular complexity index is 340. The number of hydrogen-bond acceptors (Lipinski definition) is 5. The number of rotatable bonds is 8. The van der Waals surface area contributed by atoms with Crippen LogP contribution in [-0.4, -0.2) is 23.2 Å². The molecule has 17 heavy (non-hydrogen) atoms. The first-order chi connectivity index (χ1) is 8.14. The second-order valence-electron chi connectivity index (χ2n) is 4.80. The second kappa shape index (κ2) is 7.02. The molecule has 0 fully saturated rings. The largest absolute Gasteiger partial charge is 0.343 e. The van der Waals surface area contributed by atoms with Crippen LogP contribution < -0.4 is 5.32 Å². The van der Waals surface area contributed by atoms with Gasteiger partial charge in [0.05, 0.1) is 11.5 Å². The maximum Gasteiger partial charge on any atom is 0.213 e. The van der Waals surface area contributed by atoms with E-state index in [1.807, 2.05) is 13.8 Å². The molecule has 1 N–H and O–H groups in total. The molecule has 1 aromatic rings. The summed E-state index contributed by atoms with van der Waals surface area (Å²) in [4.78, 5) is 3.94. The van der Waals surface area contributed by atoms with Gasteiger partial charge in [0, 0.05) is 13.0 Å². The fourth-order valence-electron chi connectivity index (χ4n) is 1.50. The minimum atomic E-state index is -0.190. The van der Waals surface area contributed by atoms with Gasteiger partial charge in [-0.2, -0.15) is 10.2 Å². The highest BCUT2D eigenvalue weighted by atomic mass is 16.5. The molecular weight excluding hydrogens is 216 g/mol. The lowest BCUT2D eigenvalue weighted by Crippen LogP contribution is -2.19. The van der Waals surface area contributed by atoms with Gasteiger partial charge >= 0.3 is 0 Å². The van der Waals surface area contributed by atoms with E-state index in [2.05, 4.69) is 26.0 Å². The van der Waals surface area contributed by atoms with E-state index in [0.29, 0.717) is 0 Å². The summed E-state index contributed by atoms with van der Waals surface area (Å²) in [6, 6.07) is 2.31. The summed E-state index contributed by atoms with van der Waals surface area (Å²) in [6.45, 7) is 5.80. The molecule has 0 aromatic carbocycles. The van der Waals surface area contributed by atoms with Crippen molar-refractivity contribution < 1.29 is 4.52 Å². The topological polar surface area (TPSA) is 74.7 Å². The second-order valence-corrected chi connectivity index (χ2v) is 4.80. The van der Waals surface area contributed by atoms with Gasteiger partial charge in [0.25, 0.3) is 0 Å². The van der Waals surface area contributed by atoms with Gasteiger partial charge in [-0.3, -0.25) is 0 Å². The Balaban J connectivity index is 1.93. The number of nitrogens with one attached hydrogen (secondary N) is 1. The van der Waals surface area contributed by atoms with Gasteiger partial charge in [-0.05, 0) is 33.2 Å². The Morgan fingerprint density at radius 3 is 2.88 bits per heavy atom. The first-order valence-electron chi connectivity index (χ1n) is 6.01. The molecule has 1 rings (SSSR count). The quantitative estimate of drug-likeness (QED) is 0.698. The molecule has 0 atom stereocenters. The summed E-state index contributed by atoms with van der Waals surface area (Å²) in [7, 11) is 0. The van der Waals surface area contributed by atoms with Crippen molar-refractivity contribution in [3.8, 4) is 6.07 Å². The van der Waals surface area contributed by atoms with Gasteiger partial charge in [0.15, 0.2) is 5.82 Å². The van der Waals surface area contributed by atoms with Crippen molar-refractivity contribution in [2.75, 3.05) is 13.1 Å². The SMILES string of the molecule is CC(C)(C#N)CCCCNCCc1ncon1. The zero-order valence-electron chi connectivity index (χ0n) is 10.6. The van der Waals surface area contributed by atoms with Crippen molar-refractivity contribution in [3.63, 3.8) is 0 Å². The third kappa shape index (κ3) is 6.03. The lowest BCUT2D eigenvalue weighted by atomic mass is 9.89. The molecule has 5 heteroatoms. The van der Waals surface area contributed by atoms with Gasteiger partial charge in [0.1, 0.15) is 0 Å². The fourth-order valence-corrected chi connectivity index (χ4v) is 1.50. The molecule has 94 valence electrons. The minimum Gasteiger partial charge on any atom is -0.343 e. The minimum absolute atomic E-state index is 0.190. The Hall–Kier alpha value is -1.41. The lowest BCUT2D eigenvalue weighted by Gasteiger charge is -2.14. The van der Waals surface area contributed by atoms with E-state index < -0.39 is 0 Å². The Kier molecular flexibility index (Phi) is 5.64. The van der Waals surface area contributed by atoms with E-state index in [9.17, 15) is 0 Å². The first kappa shape index (κ1) is 13.7. The number of hydrogen-bond donors (Lipinski definition) is 1. The fraction of sp³-hybridized carbons (Fsp3) is 0.750. The van der Waals surface area contributed by atoms with Crippen molar-refractivity contribution >= 4 is 0 Å². The summed E-state index contributed by atoms with van der Waals surface area (Å²) in [6.07, 6.45) is 5.27. The molecule has 0 bridgehead atoms. The molecule has 0 saturated carbocycles. The molecule has 0 aliphatic rings. The van der Waals surface area contributed by atoms with Gasteiger partial charge in [-0.25, -0.2) is 0 Å². The third-order valence-electron chi connectivity index (χ3n) is 2.64. The average Bonchev–Trinajstić information content (AvgIpc) is 2.81. The monoisotopic (exact) mass is 236 g/mol. The molecule has 5 nitrogen and oxygen atoms in total. The molecule has 0 saturated heterocycles. The summed E-state index contributed by atoms with van der Waals surface area (Å²) < 4.78 is 4.64. The molecular formula is C12H20N4O. The van der Waals surface area contributed by atoms with E-state index in [1.54, 1.807) is 0 Å². The normalized spacial score (nSPS) is 11.4. The zero-order valence-corrected chi connectivity index (χ0v) is 10.6. The van der Waals surface area contributed by atoms with Crippen molar-refractivity contribution in [3.05, 3.63) is 12.2 Å². The van der Waals surface area contributed by atoms with Gasteiger partial charge < -0.3 is 9.84 Å². The van der Waals surface area contributed by atoms with Gasteiger partial charge in [0.2, 0.25) is 6.39 Å². The molecule has 0 aliphatic carbocycles. The molecule has 1 heterocycles. The number of aromatic nitrogens is 2. The van der Waals surface area contributed by atoms with Gasteiger partial charge in [-0.1, -0.05) is 11.6 Å².